The summed E-state index contributed by atoms with van der Waals surface area (Å²) in [5, 5.41) is 3.01. The number of nitrogens with zero attached hydrogens (tertiary/aromatic N) is 1. The van der Waals surface area contributed by atoms with Gasteiger partial charge < -0.3 is 15.8 Å². The molecule has 0 aliphatic carbocycles. The number of nitrogens with two attached hydrogens (primary N) is 1. The number of anilines is 1. The molecular formula is C16H25N3O2. The molecule has 21 heavy (non-hydrogen) atoms. The minimum Gasteiger partial charge on any atom is -0.492 e. The summed E-state index contributed by atoms with van der Waals surface area (Å²) in [5.74, 6) is 0.551. The molecule has 1 saturated heterocycles. The highest BCUT2D eigenvalue weighted by Gasteiger charge is 2.23. The number of hydrogen-bond acceptors (Lipinski definition) is 4. The molecule has 1 heterocycles. The molecule has 0 spiro atoms. The van der Waals surface area contributed by atoms with Crippen LogP contribution in [0.1, 0.15) is 37.0 Å². The molecule has 1 aromatic rings. The van der Waals surface area contributed by atoms with Crippen LogP contribution in [0.5, 0.6) is 5.75 Å². The zero-order valence-electron chi connectivity index (χ0n) is 12.9. The maximum atomic E-state index is 12.2. The standard InChI is InChI=1S/C16H25N3O2/c1-3-19-9-5-6-13(19)11-18-16(20)12-7-8-15(21-4-2)14(17)10-12/h7-8,10,13H,3-6,9,11,17H2,1-2H3,(H,18,20). The average Bonchev–Trinajstić information content (AvgIpc) is 2.94. The van der Waals surface area contributed by atoms with Gasteiger partial charge in [-0.15, -0.1) is 0 Å². The highest BCUT2D eigenvalue weighted by atomic mass is 16.5. The van der Waals surface area contributed by atoms with Crippen molar-refractivity contribution in [1.82, 2.24) is 10.2 Å². The first-order valence-electron chi connectivity index (χ1n) is 7.70. The van der Waals surface area contributed by atoms with Crippen molar-refractivity contribution in [3.05, 3.63) is 23.8 Å². The number of benzene rings is 1. The van der Waals surface area contributed by atoms with Gasteiger partial charge in [0.25, 0.3) is 5.91 Å². The maximum absolute atomic E-state index is 12.2. The van der Waals surface area contributed by atoms with E-state index >= 15 is 0 Å². The molecular weight excluding hydrogens is 266 g/mol. The summed E-state index contributed by atoms with van der Waals surface area (Å²) < 4.78 is 5.38. The zero-order valence-corrected chi connectivity index (χ0v) is 12.9. The summed E-state index contributed by atoms with van der Waals surface area (Å²) in [7, 11) is 0. The van der Waals surface area contributed by atoms with Crippen molar-refractivity contribution in [1.29, 1.82) is 0 Å². The minimum absolute atomic E-state index is 0.0762. The largest absolute Gasteiger partial charge is 0.492 e. The first-order valence-corrected chi connectivity index (χ1v) is 7.70. The van der Waals surface area contributed by atoms with E-state index in [1.165, 1.54) is 6.42 Å². The predicted molar refractivity (Wildman–Crippen MR) is 84.6 cm³/mol. The van der Waals surface area contributed by atoms with Crippen LogP contribution in [-0.4, -0.2) is 43.1 Å². The van der Waals surface area contributed by atoms with E-state index in [-0.39, 0.29) is 5.91 Å². The molecule has 1 aliphatic heterocycles. The Bertz CT molecular complexity index is 490. The molecule has 116 valence electrons. The Morgan fingerprint density at radius 2 is 2.29 bits per heavy atom. The molecule has 1 amide bonds. The van der Waals surface area contributed by atoms with Crippen molar-refractivity contribution in [2.75, 3.05) is 32.0 Å². The van der Waals surface area contributed by atoms with Gasteiger partial charge in [-0.1, -0.05) is 6.92 Å². The molecule has 1 fully saturated rings. The highest BCUT2D eigenvalue weighted by Crippen LogP contribution is 2.22. The number of hydrogen-bond donors (Lipinski definition) is 2. The third kappa shape index (κ3) is 3.88. The maximum Gasteiger partial charge on any atom is 0.251 e. The Kier molecular flexibility index (Phi) is 5.44. The van der Waals surface area contributed by atoms with Crippen LogP contribution >= 0.6 is 0 Å². The Hall–Kier alpha value is -1.75. The molecule has 1 atom stereocenters. The summed E-state index contributed by atoms with van der Waals surface area (Å²) in [5.41, 5.74) is 6.97. The van der Waals surface area contributed by atoms with Crippen molar-refractivity contribution in [3.8, 4) is 5.75 Å². The summed E-state index contributed by atoms with van der Waals surface area (Å²) in [4.78, 5) is 14.6. The lowest BCUT2D eigenvalue weighted by Crippen LogP contribution is -2.40. The summed E-state index contributed by atoms with van der Waals surface area (Å²) >= 11 is 0. The molecule has 0 radical (unpaired) electrons. The van der Waals surface area contributed by atoms with E-state index in [1.54, 1.807) is 18.2 Å². The molecule has 5 heteroatoms. The molecule has 1 unspecified atom stereocenters. The Morgan fingerprint density at radius 1 is 1.48 bits per heavy atom. The normalized spacial score (nSPS) is 18.7. The van der Waals surface area contributed by atoms with Gasteiger partial charge in [0.15, 0.2) is 0 Å². The second kappa shape index (κ2) is 7.31. The fraction of sp³-hybridized carbons (Fsp3) is 0.562. The van der Waals surface area contributed by atoms with E-state index in [1.807, 2.05) is 6.92 Å². The van der Waals surface area contributed by atoms with Gasteiger partial charge in [-0.25, -0.2) is 0 Å². The first-order chi connectivity index (χ1) is 10.2. The van der Waals surface area contributed by atoms with E-state index in [0.717, 1.165) is 19.5 Å². The topological polar surface area (TPSA) is 67.6 Å². The van der Waals surface area contributed by atoms with Crippen LogP contribution < -0.4 is 15.8 Å². The van der Waals surface area contributed by atoms with Crippen molar-refractivity contribution in [2.45, 2.75) is 32.7 Å². The summed E-state index contributed by atoms with van der Waals surface area (Å²) in [6.45, 7) is 7.49. The summed E-state index contributed by atoms with van der Waals surface area (Å²) in [6, 6.07) is 5.64. The smallest absolute Gasteiger partial charge is 0.251 e. The molecule has 0 saturated carbocycles. The van der Waals surface area contributed by atoms with Gasteiger partial charge in [-0.2, -0.15) is 0 Å². The fourth-order valence-corrected chi connectivity index (χ4v) is 2.83. The second-order valence-electron chi connectivity index (χ2n) is 5.32. The van der Waals surface area contributed by atoms with Crippen LogP contribution in [0.4, 0.5) is 5.69 Å². The van der Waals surface area contributed by atoms with E-state index in [0.29, 0.717) is 36.2 Å². The number of ether oxygens (including phenoxy) is 1. The molecule has 1 aromatic carbocycles. The Morgan fingerprint density at radius 3 is 2.95 bits per heavy atom. The van der Waals surface area contributed by atoms with Crippen molar-refractivity contribution in [3.63, 3.8) is 0 Å². The van der Waals surface area contributed by atoms with Crippen LogP contribution in [0.15, 0.2) is 18.2 Å². The molecule has 5 nitrogen and oxygen atoms in total. The predicted octanol–water partition coefficient (Wildman–Crippen LogP) is 1.88. The van der Waals surface area contributed by atoms with Crippen molar-refractivity contribution >= 4 is 11.6 Å². The van der Waals surface area contributed by atoms with Gasteiger partial charge >= 0.3 is 0 Å². The number of nitrogens with one attached hydrogen (secondary N) is 1. The fourth-order valence-electron chi connectivity index (χ4n) is 2.83. The number of carbonyl (C=O) groups is 1. The lowest BCUT2D eigenvalue weighted by molar-refractivity contribution is 0.0941. The van der Waals surface area contributed by atoms with Crippen molar-refractivity contribution < 1.29 is 9.53 Å². The van der Waals surface area contributed by atoms with Crippen LogP contribution in [0, 0.1) is 0 Å². The average molecular weight is 291 g/mol. The SMILES string of the molecule is CCOc1ccc(C(=O)NCC2CCCN2CC)cc1N. The third-order valence-electron chi connectivity index (χ3n) is 3.98. The lowest BCUT2D eigenvalue weighted by Gasteiger charge is -2.22. The van der Waals surface area contributed by atoms with Crippen LogP contribution in [-0.2, 0) is 0 Å². The highest BCUT2D eigenvalue weighted by molar-refractivity contribution is 5.95. The number of amides is 1. The van der Waals surface area contributed by atoms with Gasteiger partial charge in [-0.3, -0.25) is 9.69 Å². The van der Waals surface area contributed by atoms with Gasteiger partial charge in [-0.05, 0) is 51.1 Å². The van der Waals surface area contributed by atoms with E-state index < -0.39 is 0 Å². The van der Waals surface area contributed by atoms with Crippen LogP contribution in [0.2, 0.25) is 0 Å². The minimum atomic E-state index is -0.0762. The molecule has 0 bridgehead atoms. The third-order valence-corrected chi connectivity index (χ3v) is 3.98. The second-order valence-corrected chi connectivity index (χ2v) is 5.32. The molecule has 0 aromatic heterocycles. The van der Waals surface area contributed by atoms with Crippen LogP contribution in [0.3, 0.4) is 0 Å². The molecule has 1 aliphatic rings. The van der Waals surface area contributed by atoms with Crippen LogP contribution in [0.25, 0.3) is 0 Å². The molecule has 3 N–H and O–H groups in total. The van der Waals surface area contributed by atoms with Gasteiger partial charge in [0.1, 0.15) is 5.75 Å². The quantitative estimate of drug-likeness (QED) is 0.785. The monoisotopic (exact) mass is 291 g/mol. The van der Waals surface area contributed by atoms with E-state index in [4.69, 9.17) is 10.5 Å². The van der Waals surface area contributed by atoms with E-state index in [2.05, 4.69) is 17.1 Å². The summed E-state index contributed by atoms with van der Waals surface area (Å²) in [6.07, 6.45) is 2.36. The Balaban J connectivity index is 1.92. The number of likely N-dealkylation sites (N-methyl/N-ethyl adjacent to an activating group) is 1. The Labute approximate surface area is 126 Å². The number of nitrogen functional groups attached to an aromatic ring is 1. The molecule has 2 rings (SSSR count). The van der Waals surface area contributed by atoms with Gasteiger partial charge in [0.2, 0.25) is 0 Å². The van der Waals surface area contributed by atoms with Gasteiger partial charge in [0.05, 0.1) is 12.3 Å². The number of rotatable bonds is 6. The lowest BCUT2D eigenvalue weighted by atomic mass is 10.1. The number of carbonyl (C=O) groups excluding carboxylic acids is 1. The first kappa shape index (κ1) is 15.6. The van der Waals surface area contributed by atoms with Gasteiger partial charge in [0, 0.05) is 18.2 Å². The van der Waals surface area contributed by atoms with Crippen molar-refractivity contribution in [2.24, 2.45) is 0 Å². The van der Waals surface area contributed by atoms with E-state index in [9.17, 15) is 4.79 Å². The zero-order chi connectivity index (χ0) is 15.2. The number of likely N-dealkylation sites (tertiary alicyclic amines) is 1.